The van der Waals surface area contributed by atoms with Gasteiger partial charge in [-0.3, -0.25) is 4.79 Å². The van der Waals surface area contributed by atoms with Crippen molar-refractivity contribution < 1.29 is 4.79 Å². The summed E-state index contributed by atoms with van der Waals surface area (Å²) in [7, 11) is 0. The summed E-state index contributed by atoms with van der Waals surface area (Å²) >= 11 is 4.60. The third-order valence-electron chi connectivity index (χ3n) is 1.50. The Kier molecular flexibility index (Phi) is 4.77. The highest BCUT2D eigenvalue weighted by Crippen LogP contribution is 1.98. The standard InChI is InChI=1S/C7H14N2OS/c1-3-5(2)7(10)9-4-6(8)11/h5H,3-4H2,1-2H3,(H2,8,11)(H,9,10). The second-order valence-electron chi connectivity index (χ2n) is 2.49. The highest BCUT2D eigenvalue weighted by Gasteiger charge is 2.08. The van der Waals surface area contributed by atoms with Gasteiger partial charge in [-0.2, -0.15) is 0 Å². The minimum absolute atomic E-state index is 0.0142. The molecule has 3 nitrogen and oxygen atoms in total. The van der Waals surface area contributed by atoms with Crippen LogP contribution in [-0.4, -0.2) is 17.4 Å². The third kappa shape index (κ3) is 4.72. The fourth-order valence-electron chi connectivity index (χ4n) is 0.534. The minimum Gasteiger partial charge on any atom is -0.392 e. The first-order valence-corrected chi connectivity index (χ1v) is 4.04. The van der Waals surface area contributed by atoms with Gasteiger partial charge in [0.15, 0.2) is 0 Å². The van der Waals surface area contributed by atoms with E-state index in [1.807, 2.05) is 13.8 Å². The summed E-state index contributed by atoms with van der Waals surface area (Å²) in [5.74, 6) is 0.0599. The van der Waals surface area contributed by atoms with E-state index in [9.17, 15) is 4.79 Å². The molecule has 0 fully saturated rings. The highest BCUT2D eigenvalue weighted by molar-refractivity contribution is 7.80. The van der Waals surface area contributed by atoms with Gasteiger partial charge in [-0.25, -0.2) is 0 Å². The zero-order valence-electron chi connectivity index (χ0n) is 6.89. The van der Waals surface area contributed by atoms with Crippen LogP contribution >= 0.6 is 12.2 Å². The van der Waals surface area contributed by atoms with E-state index in [1.54, 1.807) is 0 Å². The molecule has 1 atom stereocenters. The molecule has 0 aromatic carbocycles. The van der Waals surface area contributed by atoms with Crippen LogP contribution in [0.25, 0.3) is 0 Å². The van der Waals surface area contributed by atoms with Crippen LogP contribution in [0.2, 0.25) is 0 Å². The molecule has 0 rings (SSSR count). The minimum atomic E-state index is 0.0142. The molecule has 11 heavy (non-hydrogen) atoms. The van der Waals surface area contributed by atoms with Crippen molar-refractivity contribution in [1.82, 2.24) is 5.32 Å². The zero-order chi connectivity index (χ0) is 8.85. The van der Waals surface area contributed by atoms with Crippen molar-refractivity contribution in [3.8, 4) is 0 Å². The lowest BCUT2D eigenvalue weighted by Crippen LogP contribution is -2.35. The van der Waals surface area contributed by atoms with Crippen molar-refractivity contribution in [3.63, 3.8) is 0 Å². The van der Waals surface area contributed by atoms with Crippen LogP contribution in [0.4, 0.5) is 0 Å². The van der Waals surface area contributed by atoms with E-state index in [4.69, 9.17) is 5.73 Å². The first-order chi connectivity index (χ1) is 5.07. The van der Waals surface area contributed by atoms with Crippen LogP contribution in [0, 0.1) is 5.92 Å². The van der Waals surface area contributed by atoms with Crippen LogP contribution in [0.1, 0.15) is 20.3 Å². The maximum atomic E-state index is 11.1. The van der Waals surface area contributed by atoms with Crippen molar-refractivity contribution in [2.24, 2.45) is 11.7 Å². The topological polar surface area (TPSA) is 55.1 Å². The molecule has 0 aliphatic carbocycles. The molecule has 3 N–H and O–H groups in total. The lowest BCUT2D eigenvalue weighted by atomic mass is 10.1. The summed E-state index contributed by atoms with van der Waals surface area (Å²) in [5.41, 5.74) is 5.20. The Balaban J connectivity index is 3.60. The molecule has 1 unspecified atom stereocenters. The van der Waals surface area contributed by atoms with Gasteiger partial charge in [0, 0.05) is 5.92 Å². The Morgan fingerprint density at radius 2 is 2.27 bits per heavy atom. The van der Waals surface area contributed by atoms with Crippen LogP contribution in [0.5, 0.6) is 0 Å². The van der Waals surface area contributed by atoms with Crippen LogP contribution < -0.4 is 11.1 Å². The van der Waals surface area contributed by atoms with E-state index in [0.29, 0.717) is 11.5 Å². The Bertz CT molecular complexity index is 159. The Hall–Kier alpha value is -0.640. The Morgan fingerprint density at radius 1 is 1.73 bits per heavy atom. The van der Waals surface area contributed by atoms with Gasteiger partial charge in [0.1, 0.15) is 0 Å². The Labute approximate surface area is 72.3 Å². The lowest BCUT2D eigenvalue weighted by Gasteiger charge is -2.08. The van der Waals surface area contributed by atoms with Crippen molar-refractivity contribution in [2.45, 2.75) is 20.3 Å². The van der Waals surface area contributed by atoms with E-state index in [0.717, 1.165) is 6.42 Å². The molecular weight excluding hydrogens is 160 g/mol. The quantitative estimate of drug-likeness (QED) is 0.608. The van der Waals surface area contributed by atoms with E-state index >= 15 is 0 Å². The number of nitrogens with two attached hydrogens (primary N) is 1. The second-order valence-corrected chi connectivity index (χ2v) is 3.02. The smallest absolute Gasteiger partial charge is 0.223 e. The molecule has 1 amide bonds. The van der Waals surface area contributed by atoms with Crippen molar-refractivity contribution >= 4 is 23.1 Å². The van der Waals surface area contributed by atoms with Crippen molar-refractivity contribution in [1.29, 1.82) is 0 Å². The van der Waals surface area contributed by atoms with E-state index in [1.165, 1.54) is 0 Å². The van der Waals surface area contributed by atoms with Crippen LogP contribution in [0.15, 0.2) is 0 Å². The first kappa shape index (κ1) is 10.4. The van der Waals surface area contributed by atoms with Crippen LogP contribution in [0.3, 0.4) is 0 Å². The van der Waals surface area contributed by atoms with Gasteiger partial charge in [-0.1, -0.05) is 26.1 Å². The predicted octanol–water partition coefficient (Wildman–Crippen LogP) is 0.435. The normalized spacial score (nSPS) is 12.2. The number of carbonyl (C=O) groups excluding carboxylic acids is 1. The van der Waals surface area contributed by atoms with Crippen molar-refractivity contribution in [2.75, 3.05) is 6.54 Å². The molecule has 0 spiro atoms. The molecule has 0 radical (unpaired) electrons. The summed E-state index contributed by atoms with van der Waals surface area (Å²) in [6.07, 6.45) is 0.836. The monoisotopic (exact) mass is 174 g/mol. The van der Waals surface area contributed by atoms with Gasteiger partial charge in [0.05, 0.1) is 11.5 Å². The number of nitrogens with one attached hydrogen (secondary N) is 1. The van der Waals surface area contributed by atoms with Crippen molar-refractivity contribution in [3.05, 3.63) is 0 Å². The van der Waals surface area contributed by atoms with Crippen LogP contribution in [-0.2, 0) is 4.79 Å². The number of carbonyl (C=O) groups is 1. The van der Waals surface area contributed by atoms with Gasteiger partial charge in [0.25, 0.3) is 0 Å². The highest BCUT2D eigenvalue weighted by atomic mass is 32.1. The fourth-order valence-corrected chi connectivity index (χ4v) is 0.606. The summed E-state index contributed by atoms with van der Waals surface area (Å²) in [6.45, 7) is 4.14. The molecule has 4 heteroatoms. The molecule has 0 aliphatic heterocycles. The molecule has 0 heterocycles. The number of hydrogen-bond donors (Lipinski definition) is 2. The van der Waals surface area contributed by atoms with Gasteiger partial charge < -0.3 is 11.1 Å². The number of thiocarbonyl (C=S) groups is 1. The zero-order valence-corrected chi connectivity index (χ0v) is 7.70. The fraction of sp³-hybridized carbons (Fsp3) is 0.714. The molecule has 0 aromatic heterocycles. The average Bonchev–Trinajstić information content (AvgIpc) is 1.98. The SMILES string of the molecule is CCC(C)C(=O)NCC(N)=S. The van der Waals surface area contributed by atoms with E-state index < -0.39 is 0 Å². The lowest BCUT2D eigenvalue weighted by molar-refractivity contribution is -0.124. The maximum absolute atomic E-state index is 11.1. The molecule has 0 saturated heterocycles. The molecule has 0 saturated carbocycles. The summed E-state index contributed by atoms with van der Waals surface area (Å²) in [5, 5.41) is 2.63. The Morgan fingerprint density at radius 3 is 2.64 bits per heavy atom. The molecule has 64 valence electrons. The summed E-state index contributed by atoms with van der Waals surface area (Å²) in [4.78, 5) is 11.4. The second kappa shape index (κ2) is 5.07. The largest absolute Gasteiger partial charge is 0.392 e. The number of hydrogen-bond acceptors (Lipinski definition) is 2. The van der Waals surface area contributed by atoms with E-state index in [2.05, 4.69) is 17.5 Å². The maximum Gasteiger partial charge on any atom is 0.223 e. The first-order valence-electron chi connectivity index (χ1n) is 3.64. The molecule has 0 bridgehead atoms. The van der Waals surface area contributed by atoms with Gasteiger partial charge >= 0.3 is 0 Å². The van der Waals surface area contributed by atoms with Gasteiger partial charge in [0.2, 0.25) is 5.91 Å². The molecule has 0 aliphatic rings. The molecule has 0 aromatic rings. The average molecular weight is 174 g/mol. The number of rotatable bonds is 4. The molecular formula is C7H14N2OS. The van der Waals surface area contributed by atoms with E-state index in [-0.39, 0.29) is 11.8 Å². The summed E-state index contributed by atoms with van der Waals surface area (Å²) in [6, 6.07) is 0. The third-order valence-corrected chi connectivity index (χ3v) is 1.64. The van der Waals surface area contributed by atoms with Gasteiger partial charge in [-0.15, -0.1) is 0 Å². The predicted molar refractivity (Wildman–Crippen MR) is 49.3 cm³/mol. The summed E-state index contributed by atoms with van der Waals surface area (Å²) < 4.78 is 0. The van der Waals surface area contributed by atoms with Gasteiger partial charge in [-0.05, 0) is 6.42 Å². The number of amides is 1.